The molecule has 0 radical (unpaired) electrons. The number of benzene rings is 3. The molecule has 1 heterocycles. The molecule has 4 rings (SSSR count). The second-order valence-electron chi connectivity index (χ2n) is 9.97. The Kier molecular flexibility index (Phi) is 8.01. The van der Waals surface area contributed by atoms with Crippen molar-refractivity contribution in [3.8, 4) is 17.2 Å². The minimum Gasteiger partial charge on any atom is -0.492 e. The highest BCUT2D eigenvalue weighted by Gasteiger charge is 2.26. The average Bonchev–Trinajstić information content (AvgIpc) is 2.89. The molecule has 1 aliphatic rings. The van der Waals surface area contributed by atoms with Gasteiger partial charge in [-0.1, -0.05) is 52.0 Å². The predicted octanol–water partition coefficient (Wildman–Crippen LogP) is 5.37. The minimum atomic E-state index is -0.295. The zero-order valence-corrected chi connectivity index (χ0v) is 21.9. The Morgan fingerprint density at radius 1 is 0.973 bits per heavy atom. The van der Waals surface area contributed by atoms with Crippen molar-refractivity contribution in [1.82, 2.24) is 0 Å². The van der Waals surface area contributed by atoms with Gasteiger partial charge >= 0.3 is 0 Å². The highest BCUT2D eigenvalue weighted by Crippen LogP contribution is 2.34. The monoisotopic (exact) mass is 502 g/mol. The lowest BCUT2D eigenvalue weighted by molar-refractivity contribution is -0.121. The third-order valence-corrected chi connectivity index (χ3v) is 6.19. The van der Waals surface area contributed by atoms with Gasteiger partial charge < -0.3 is 24.4 Å². The molecule has 3 aromatic rings. The number of rotatable bonds is 9. The van der Waals surface area contributed by atoms with Crippen LogP contribution in [-0.2, 0) is 21.4 Å². The molecular weight excluding hydrogens is 468 g/mol. The van der Waals surface area contributed by atoms with E-state index in [1.54, 1.807) is 23.1 Å². The van der Waals surface area contributed by atoms with Gasteiger partial charge in [-0.3, -0.25) is 9.59 Å². The Hall–Kier alpha value is -4.00. The zero-order valence-electron chi connectivity index (χ0n) is 21.9. The van der Waals surface area contributed by atoms with Crippen molar-refractivity contribution < 1.29 is 23.8 Å². The number of ether oxygens (including phenoxy) is 3. The Balaban J connectivity index is 1.35. The van der Waals surface area contributed by atoms with Crippen LogP contribution in [-0.4, -0.2) is 38.2 Å². The van der Waals surface area contributed by atoms with Crippen molar-refractivity contribution >= 4 is 23.2 Å². The van der Waals surface area contributed by atoms with Crippen LogP contribution >= 0.6 is 0 Å². The van der Waals surface area contributed by atoms with Crippen LogP contribution in [0.3, 0.4) is 0 Å². The van der Waals surface area contributed by atoms with E-state index in [-0.39, 0.29) is 30.4 Å². The Labute approximate surface area is 218 Å². The molecule has 0 saturated heterocycles. The first kappa shape index (κ1) is 26.1. The van der Waals surface area contributed by atoms with Crippen LogP contribution in [0.4, 0.5) is 11.4 Å². The summed E-state index contributed by atoms with van der Waals surface area (Å²) in [4.78, 5) is 26.7. The Bertz CT molecular complexity index is 1230. The molecule has 7 nitrogen and oxygen atoms in total. The van der Waals surface area contributed by atoms with E-state index in [1.165, 1.54) is 11.1 Å². The summed E-state index contributed by atoms with van der Waals surface area (Å²) in [5.41, 5.74) is 3.65. The summed E-state index contributed by atoms with van der Waals surface area (Å²) < 4.78 is 17.1. The maximum absolute atomic E-state index is 12.6. The van der Waals surface area contributed by atoms with E-state index in [9.17, 15) is 9.59 Å². The van der Waals surface area contributed by atoms with Crippen molar-refractivity contribution in [3.63, 3.8) is 0 Å². The number of nitrogens with one attached hydrogen (secondary N) is 1. The molecular formula is C30H34N2O5. The van der Waals surface area contributed by atoms with E-state index in [0.29, 0.717) is 36.0 Å². The molecule has 37 heavy (non-hydrogen) atoms. The first-order valence-corrected chi connectivity index (χ1v) is 12.5. The quantitative estimate of drug-likeness (QED) is 0.426. The summed E-state index contributed by atoms with van der Waals surface area (Å²) in [6.45, 7) is 9.09. The molecule has 0 bridgehead atoms. The number of carbonyl (C=O) groups excluding carboxylic acids is 2. The van der Waals surface area contributed by atoms with E-state index >= 15 is 0 Å². The maximum atomic E-state index is 12.6. The molecule has 0 aliphatic carbocycles. The lowest BCUT2D eigenvalue weighted by Crippen LogP contribution is -2.41. The molecule has 0 spiro atoms. The topological polar surface area (TPSA) is 77.1 Å². The number of anilines is 2. The molecule has 3 aromatic carbocycles. The number of carbonyl (C=O) groups is 2. The lowest BCUT2D eigenvalue weighted by atomic mass is 9.87. The van der Waals surface area contributed by atoms with Crippen LogP contribution in [0.2, 0.25) is 0 Å². The largest absolute Gasteiger partial charge is 0.492 e. The molecule has 0 fully saturated rings. The van der Waals surface area contributed by atoms with Gasteiger partial charge in [0.05, 0.1) is 12.2 Å². The molecule has 7 heteroatoms. The fraction of sp³-hybridized carbons (Fsp3) is 0.333. The van der Waals surface area contributed by atoms with Gasteiger partial charge in [0.1, 0.15) is 23.9 Å². The molecule has 194 valence electrons. The van der Waals surface area contributed by atoms with Crippen molar-refractivity contribution in [2.75, 3.05) is 36.6 Å². The maximum Gasteiger partial charge on any atom is 0.265 e. The summed E-state index contributed by atoms with van der Waals surface area (Å²) in [6, 6.07) is 20.9. The van der Waals surface area contributed by atoms with E-state index in [0.717, 1.165) is 12.2 Å². The molecule has 1 aliphatic heterocycles. The summed E-state index contributed by atoms with van der Waals surface area (Å²) in [5.74, 6) is 1.51. The fourth-order valence-electron chi connectivity index (χ4n) is 4.00. The van der Waals surface area contributed by atoms with E-state index in [2.05, 4.69) is 45.1 Å². The van der Waals surface area contributed by atoms with Gasteiger partial charge in [-0.25, -0.2) is 0 Å². The number of aryl methyl sites for hydroxylation is 1. The highest BCUT2D eigenvalue weighted by atomic mass is 16.5. The van der Waals surface area contributed by atoms with Crippen molar-refractivity contribution in [2.45, 2.75) is 39.5 Å². The number of amides is 2. The van der Waals surface area contributed by atoms with Crippen LogP contribution < -0.4 is 24.4 Å². The van der Waals surface area contributed by atoms with Gasteiger partial charge in [0.2, 0.25) is 0 Å². The first-order chi connectivity index (χ1) is 17.7. The molecule has 0 atom stereocenters. The first-order valence-electron chi connectivity index (χ1n) is 12.5. The summed E-state index contributed by atoms with van der Waals surface area (Å²) in [6.07, 6.45) is 0.943. The highest BCUT2D eigenvalue weighted by molar-refractivity contribution is 5.99. The number of nitrogens with zero attached hydrogens (tertiary/aromatic N) is 1. The van der Waals surface area contributed by atoms with Crippen molar-refractivity contribution in [2.24, 2.45) is 0 Å². The minimum absolute atomic E-state index is 0.0380. The fourth-order valence-corrected chi connectivity index (χ4v) is 4.00. The van der Waals surface area contributed by atoms with Crippen molar-refractivity contribution in [3.05, 3.63) is 77.9 Å². The smallest absolute Gasteiger partial charge is 0.265 e. The molecule has 2 amide bonds. The van der Waals surface area contributed by atoms with Gasteiger partial charge in [-0.2, -0.15) is 0 Å². The van der Waals surface area contributed by atoms with Crippen LogP contribution in [0.5, 0.6) is 17.2 Å². The number of fused-ring (bicyclic) bond motifs is 1. The van der Waals surface area contributed by atoms with Gasteiger partial charge in [-0.05, 0) is 65.4 Å². The molecule has 1 N–H and O–H groups in total. The van der Waals surface area contributed by atoms with E-state index in [4.69, 9.17) is 14.2 Å². The van der Waals surface area contributed by atoms with Gasteiger partial charge in [0.15, 0.2) is 13.2 Å². The standard InChI is InChI=1S/C30H34N2O5/c1-5-21-6-11-25(12-7-21)36-19-28(33)31-23-10-15-27-26(18-23)32(29(34)20-37-27)16-17-35-24-13-8-22(9-14-24)30(2,3)4/h6-15,18H,5,16-17,19-20H2,1-4H3,(H,31,33). The van der Waals surface area contributed by atoms with E-state index in [1.807, 2.05) is 36.4 Å². The Morgan fingerprint density at radius 2 is 1.65 bits per heavy atom. The van der Waals surface area contributed by atoms with Crippen LogP contribution in [0.1, 0.15) is 38.8 Å². The second-order valence-corrected chi connectivity index (χ2v) is 9.97. The molecule has 0 unspecified atom stereocenters. The number of hydrogen-bond acceptors (Lipinski definition) is 5. The van der Waals surface area contributed by atoms with Crippen molar-refractivity contribution in [1.29, 1.82) is 0 Å². The lowest BCUT2D eigenvalue weighted by Gasteiger charge is -2.29. The summed E-state index contributed by atoms with van der Waals surface area (Å²) in [7, 11) is 0. The van der Waals surface area contributed by atoms with Gasteiger partial charge in [0, 0.05) is 5.69 Å². The molecule has 0 saturated carbocycles. The summed E-state index contributed by atoms with van der Waals surface area (Å²) in [5, 5.41) is 2.83. The third kappa shape index (κ3) is 6.82. The van der Waals surface area contributed by atoms with Crippen LogP contribution in [0, 0.1) is 0 Å². The zero-order chi connectivity index (χ0) is 26.4. The van der Waals surface area contributed by atoms with Crippen LogP contribution in [0.25, 0.3) is 0 Å². The Morgan fingerprint density at radius 3 is 2.32 bits per heavy atom. The third-order valence-electron chi connectivity index (χ3n) is 6.19. The SMILES string of the molecule is CCc1ccc(OCC(=O)Nc2ccc3c(c2)N(CCOc2ccc(C(C)(C)C)cc2)C(=O)CO3)cc1. The van der Waals surface area contributed by atoms with E-state index < -0.39 is 0 Å². The number of hydrogen-bond donors (Lipinski definition) is 1. The normalized spacial score (nSPS) is 13.0. The van der Waals surface area contributed by atoms with Gasteiger partial charge in [0.25, 0.3) is 11.8 Å². The second kappa shape index (κ2) is 11.4. The average molecular weight is 503 g/mol. The van der Waals surface area contributed by atoms with Crippen LogP contribution in [0.15, 0.2) is 66.7 Å². The predicted molar refractivity (Wildman–Crippen MR) is 145 cm³/mol. The van der Waals surface area contributed by atoms with Gasteiger partial charge in [-0.15, -0.1) is 0 Å². The summed E-state index contributed by atoms with van der Waals surface area (Å²) >= 11 is 0. The molecule has 0 aromatic heterocycles.